The Hall–Kier alpha value is -4.18. The van der Waals surface area contributed by atoms with Crippen LogP contribution >= 0.6 is 46.4 Å². The van der Waals surface area contributed by atoms with Crippen molar-refractivity contribution in [1.82, 2.24) is 9.78 Å². The van der Waals surface area contributed by atoms with Crippen LogP contribution < -0.4 is 10.1 Å². The summed E-state index contributed by atoms with van der Waals surface area (Å²) in [6.07, 6.45) is -2.22. The molecule has 0 fully saturated rings. The van der Waals surface area contributed by atoms with Crippen LogP contribution in [0.1, 0.15) is 56.3 Å². The molecular formula is C36H31Cl4N3O5. The Labute approximate surface area is 298 Å². The summed E-state index contributed by atoms with van der Waals surface area (Å²) in [5.41, 5.74) is 2.67. The van der Waals surface area contributed by atoms with Crippen molar-refractivity contribution in [3.8, 4) is 5.75 Å². The van der Waals surface area contributed by atoms with Gasteiger partial charge in [0.1, 0.15) is 5.75 Å². The average molecular weight is 727 g/mol. The lowest BCUT2D eigenvalue weighted by Gasteiger charge is -2.16. The second-order valence-corrected chi connectivity index (χ2v) is 12.3. The van der Waals surface area contributed by atoms with Gasteiger partial charge in [-0.05, 0) is 68.8 Å². The number of Topliss-reactive ketones (excluding diaryl/α,β-unsaturated/α-hetero) is 1. The van der Waals surface area contributed by atoms with Gasteiger partial charge in [0.15, 0.2) is 23.8 Å². The maximum Gasteiger partial charge on any atom is 0.265 e. The molecule has 1 heterocycles. The van der Waals surface area contributed by atoms with Crippen LogP contribution in [0.15, 0.2) is 91.0 Å². The molecule has 0 aliphatic heterocycles. The van der Waals surface area contributed by atoms with E-state index in [2.05, 4.69) is 10.4 Å². The number of ketones is 2. The fraction of sp³-hybridized carbons (Fsp3) is 0.167. The smallest absolute Gasteiger partial charge is 0.265 e. The fourth-order valence-electron chi connectivity index (χ4n) is 4.70. The number of benzene rings is 4. The van der Waals surface area contributed by atoms with E-state index in [1.165, 1.54) is 16.8 Å². The van der Waals surface area contributed by atoms with Gasteiger partial charge in [0.25, 0.3) is 5.91 Å². The van der Waals surface area contributed by atoms with E-state index in [1.54, 1.807) is 76.3 Å². The number of aryl methyl sites for hydroxylation is 2. The molecule has 0 saturated carbocycles. The van der Waals surface area contributed by atoms with Crippen LogP contribution in [0.4, 0.5) is 5.69 Å². The first-order valence-corrected chi connectivity index (χ1v) is 16.1. The number of para-hydroxylation sites is 1. The van der Waals surface area contributed by atoms with Gasteiger partial charge in [0.2, 0.25) is 0 Å². The molecular weight excluding hydrogens is 696 g/mol. The lowest BCUT2D eigenvalue weighted by molar-refractivity contribution is -0.122. The molecule has 2 N–H and O–H groups in total. The van der Waals surface area contributed by atoms with Crippen molar-refractivity contribution in [1.29, 1.82) is 0 Å². The van der Waals surface area contributed by atoms with E-state index in [0.717, 1.165) is 11.3 Å². The molecule has 0 spiro atoms. The van der Waals surface area contributed by atoms with E-state index < -0.39 is 23.8 Å². The van der Waals surface area contributed by atoms with E-state index in [9.17, 15) is 19.5 Å². The highest BCUT2D eigenvalue weighted by molar-refractivity contribution is 6.38. The number of aliphatic hydroxyl groups is 1. The Kier molecular flexibility index (Phi) is 12.4. The molecule has 5 rings (SSSR count). The fourth-order valence-corrected chi connectivity index (χ4v) is 5.61. The third-order valence-corrected chi connectivity index (χ3v) is 8.66. The third kappa shape index (κ3) is 8.64. The van der Waals surface area contributed by atoms with Gasteiger partial charge in [0, 0.05) is 33.9 Å². The number of aromatic nitrogens is 2. The molecule has 0 radical (unpaired) electrons. The highest BCUT2D eigenvalue weighted by Gasteiger charge is 2.31. The van der Waals surface area contributed by atoms with E-state index in [1.807, 2.05) is 30.3 Å². The summed E-state index contributed by atoms with van der Waals surface area (Å²) < 4.78 is 6.96. The van der Waals surface area contributed by atoms with E-state index in [0.29, 0.717) is 32.1 Å². The zero-order valence-corrected chi connectivity index (χ0v) is 29.3. The van der Waals surface area contributed by atoms with Crippen molar-refractivity contribution in [2.24, 2.45) is 7.05 Å². The molecule has 1 aromatic heterocycles. The highest BCUT2D eigenvalue weighted by Crippen LogP contribution is 2.33. The van der Waals surface area contributed by atoms with Gasteiger partial charge >= 0.3 is 0 Å². The van der Waals surface area contributed by atoms with Crippen LogP contribution in [0.3, 0.4) is 0 Å². The number of amides is 1. The monoisotopic (exact) mass is 725 g/mol. The number of halogens is 4. The van der Waals surface area contributed by atoms with Crippen LogP contribution in [0, 0.1) is 13.8 Å². The molecule has 2 atom stereocenters. The van der Waals surface area contributed by atoms with Crippen LogP contribution in [-0.4, -0.2) is 38.5 Å². The molecule has 2 unspecified atom stereocenters. The molecule has 1 amide bonds. The van der Waals surface area contributed by atoms with Gasteiger partial charge in [-0.2, -0.15) is 5.10 Å². The lowest BCUT2D eigenvalue weighted by Crippen LogP contribution is -2.30. The van der Waals surface area contributed by atoms with Crippen LogP contribution in [-0.2, 0) is 11.8 Å². The molecule has 0 bridgehead atoms. The van der Waals surface area contributed by atoms with E-state index in [-0.39, 0.29) is 27.8 Å². The summed E-state index contributed by atoms with van der Waals surface area (Å²) >= 11 is 24.2. The summed E-state index contributed by atoms with van der Waals surface area (Å²) in [6.45, 7) is 5.10. The Balaban J connectivity index is 0.000000224. The molecule has 248 valence electrons. The third-order valence-electron chi connectivity index (χ3n) is 7.23. The summed E-state index contributed by atoms with van der Waals surface area (Å²) in [7, 11) is 1.57. The number of hydrogen-bond donors (Lipinski definition) is 2. The maximum absolute atomic E-state index is 13.1. The van der Waals surface area contributed by atoms with Crippen molar-refractivity contribution in [3.63, 3.8) is 0 Å². The van der Waals surface area contributed by atoms with Crippen LogP contribution in [0.25, 0.3) is 0 Å². The Morgan fingerprint density at radius 2 is 1.48 bits per heavy atom. The number of carbonyl (C=O) groups is 3. The maximum atomic E-state index is 13.1. The minimum absolute atomic E-state index is 0.123. The van der Waals surface area contributed by atoms with Gasteiger partial charge in [-0.3, -0.25) is 19.1 Å². The molecule has 0 aliphatic rings. The minimum atomic E-state index is -1.54. The number of carbonyl (C=O) groups excluding carboxylic acids is 3. The minimum Gasteiger partial charge on any atom is -0.479 e. The normalized spacial score (nSPS) is 11.9. The van der Waals surface area contributed by atoms with Gasteiger partial charge in [-0.25, -0.2) is 0 Å². The largest absolute Gasteiger partial charge is 0.479 e. The van der Waals surface area contributed by atoms with E-state index >= 15 is 0 Å². The van der Waals surface area contributed by atoms with Gasteiger partial charge in [-0.1, -0.05) is 94.9 Å². The molecule has 4 aromatic carbocycles. The van der Waals surface area contributed by atoms with Crippen molar-refractivity contribution >= 4 is 69.6 Å². The van der Waals surface area contributed by atoms with Crippen LogP contribution in [0.2, 0.25) is 20.1 Å². The van der Waals surface area contributed by atoms with Crippen molar-refractivity contribution in [2.75, 3.05) is 5.32 Å². The Morgan fingerprint density at radius 1 is 0.854 bits per heavy atom. The summed E-state index contributed by atoms with van der Waals surface area (Å²) in [4.78, 5) is 37.9. The van der Waals surface area contributed by atoms with Gasteiger partial charge in [-0.15, -0.1) is 0 Å². The van der Waals surface area contributed by atoms with E-state index in [4.69, 9.17) is 51.1 Å². The standard InChI is InChI=1S/C20H16Cl2N2O3.C16H15Cl2NO2/c1-11-16(19(26)14-9-8-13(21)10-15(14)22)17(24(2)23-11)20(27)18(25)12-6-4-3-5-7-12;1-10-13(17)8-9-14(15(10)18)21-11(2)16(20)19-12-6-4-3-5-7-12/h3-10,20,27H,1-2H3;3-9,11H,1-2H3,(H,19,20). The Morgan fingerprint density at radius 3 is 2.10 bits per heavy atom. The molecule has 48 heavy (non-hydrogen) atoms. The van der Waals surface area contributed by atoms with Crippen molar-refractivity contribution < 1.29 is 24.2 Å². The van der Waals surface area contributed by atoms with Crippen molar-refractivity contribution in [2.45, 2.75) is 33.0 Å². The highest BCUT2D eigenvalue weighted by atomic mass is 35.5. The zero-order chi connectivity index (χ0) is 35.1. The molecule has 0 aliphatic carbocycles. The number of hydrogen-bond acceptors (Lipinski definition) is 6. The van der Waals surface area contributed by atoms with Gasteiger partial charge in [0.05, 0.1) is 27.0 Å². The first kappa shape index (κ1) is 36.7. The summed E-state index contributed by atoms with van der Waals surface area (Å²) in [6, 6.07) is 25.5. The van der Waals surface area contributed by atoms with Gasteiger partial charge < -0.3 is 15.2 Å². The van der Waals surface area contributed by atoms with Crippen LogP contribution in [0.5, 0.6) is 5.75 Å². The number of ether oxygens (including phenoxy) is 1. The van der Waals surface area contributed by atoms with Crippen molar-refractivity contribution in [3.05, 3.63) is 145 Å². The second kappa shape index (κ2) is 16.3. The average Bonchev–Trinajstić information content (AvgIpc) is 3.38. The quantitative estimate of drug-likeness (QED) is 0.147. The summed E-state index contributed by atoms with van der Waals surface area (Å²) in [5, 5.41) is 19.3. The molecule has 0 saturated heterocycles. The lowest BCUT2D eigenvalue weighted by atomic mass is 9.95. The molecule has 8 nitrogen and oxygen atoms in total. The predicted molar refractivity (Wildman–Crippen MR) is 190 cm³/mol. The number of nitrogens with zero attached hydrogens (tertiary/aromatic N) is 2. The zero-order valence-electron chi connectivity index (χ0n) is 26.3. The topological polar surface area (TPSA) is 111 Å². The second-order valence-electron chi connectivity index (χ2n) is 10.7. The first-order chi connectivity index (χ1) is 22.8. The number of anilines is 1. The number of rotatable bonds is 9. The summed E-state index contributed by atoms with van der Waals surface area (Å²) in [5.74, 6) is -0.758. The first-order valence-electron chi connectivity index (χ1n) is 14.6. The SMILES string of the molecule is Cc1c(Cl)ccc(OC(C)C(=O)Nc2ccccc2)c1Cl.Cc1nn(C)c(C(O)C(=O)c2ccccc2)c1C(=O)c1ccc(Cl)cc1Cl. The predicted octanol–water partition coefficient (Wildman–Crippen LogP) is 8.89. The number of nitrogens with one attached hydrogen (secondary N) is 1. The molecule has 5 aromatic rings. The molecule has 12 heteroatoms. The number of aliphatic hydroxyl groups excluding tert-OH is 1. The Bertz CT molecular complexity index is 1950.